The predicted molar refractivity (Wildman–Crippen MR) is 110 cm³/mol. The van der Waals surface area contributed by atoms with E-state index in [4.69, 9.17) is 0 Å². The van der Waals surface area contributed by atoms with Crippen LogP contribution in [0.15, 0.2) is 12.4 Å². The molecule has 0 saturated carbocycles. The van der Waals surface area contributed by atoms with Gasteiger partial charge in [0.2, 0.25) is 0 Å². The minimum absolute atomic E-state index is 1.11. The summed E-state index contributed by atoms with van der Waals surface area (Å²) in [5, 5.41) is 0. The molecular weight excluding hydrogens is 304 g/mol. The van der Waals surface area contributed by atoms with E-state index in [1.807, 2.05) is 0 Å². The maximum Gasteiger partial charge on any atom is 0.256 e. The van der Waals surface area contributed by atoms with Gasteiger partial charge in [0, 0.05) is 6.42 Å². The molecule has 2 nitrogen and oxygen atoms in total. The Morgan fingerprint density at radius 3 is 1.76 bits per heavy atom. The quantitative estimate of drug-likeness (QED) is 0.215. The second-order valence-electron chi connectivity index (χ2n) is 7.69. The van der Waals surface area contributed by atoms with E-state index in [2.05, 4.69) is 42.3 Å². The summed E-state index contributed by atoms with van der Waals surface area (Å²) < 4.78 is 4.97. The Bertz CT molecular complexity index is 408. The van der Waals surface area contributed by atoms with Crippen LogP contribution in [0.25, 0.3) is 0 Å². The Balaban J connectivity index is 2.17. The topological polar surface area (TPSA) is 8.81 Å². The zero-order valence-electron chi connectivity index (χ0n) is 17.6. The Hall–Kier alpha value is -0.790. The molecule has 0 aliphatic carbocycles. The monoisotopic (exact) mass is 349 g/mol. The first kappa shape index (κ1) is 22.3. The summed E-state index contributed by atoms with van der Waals surface area (Å²) in [5.41, 5.74) is 0. The van der Waals surface area contributed by atoms with Crippen LogP contribution in [-0.4, -0.2) is 4.57 Å². The lowest BCUT2D eigenvalue weighted by molar-refractivity contribution is -0.704. The molecule has 0 spiro atoms. The summed E-state index contributed by atoms with van der Waals surface area (Å²) in [7, 11) is 0. The highest BCUT2D eigenvalue weighted by Crippen LogP contribution is 2.12. The zero-order valence-corrected chi connectivity index (χ0v) is 17.6. The van der Waals surface area contributed by atoms with Gasteiger partial charge in [0.15, 0.2) is 0 Å². The van der Waals surface area contributed by atoms with E-state index in [9.17, 15) is 0 Å². The van der Waals surface area contributed by atoms with E-state index in [0.717, 1.165) is 6.54 Å². The third kappa shape index (κ3) is 10.1. The van der Waals surface area contributed by atoms with Crippen molar-refractivity contribution in [2.24, 2.45) is 0 Å². The number of unbranched alkanes of at least 4 members (excludes halogenated alkanes) is 12. The van der Waals surface area contributed by atoms with Gasteiger partial charge in [-0.2, -0.15) is 0 Å². The van der Waals surface area contributed by atoms with E-state index in [-0.39, 0.29) is 0 Å². The number of rotatable bonds is 17. The SMILES string of the molecule is CCCCCCCCCCCCc1n(CC)cc[n+]1CCCCCC. The molecule has 0 aliphatic heterocycles. The van der Waals surface area contributed by atoms with Crippen molar-refractivity contribution >= 4 is 0 Å². The maximum absolute atomic E-state index is 2.52. The minimum Gasteiger partial charge on any atom is -0.235 e. The molecule has 1 rings (SSSR count). The van der Waals surface area contributed by atoms with Crippen molar-refractivity contribution in [3.63, 3.8) is 0 Å². The predicted octanol–water partition coefficient (Wildman–Crippen LogP) is 6.84. The molecule has 0 radical (unpaired) electrons. The third-order valence-electron chi connectivity index (χ3n) is 5.44. The normalized spacial score (nSPS) is 11.3. The van der Waals surface area contributed by atoms with E-state index in [1.165, 1.54) is 103 Å². The summed E-state index contributed by atoms with van der Waals surface area (Å²) >= 11 is 0. The molecule has 0 unspecified atom stereocenters. The third-order valence-corrected chi connectivity index (χ3v) is 5.44. The molecule has 25 heavy (non-hydrogen) atoms. The minimum atomic E-state index is 1.11. The fourth-order valence-corrected chi connectivity index (χ4v) is 3.76. The van der Waals surface area contributed by atoms with Gasteiger partial charge in [0.25, 0.3) is 5.82 Å². The van der Waals surface area contributed by atoms with Crippen molar-refractivity contribution in [3.05, 3.63) is 18.2 Å². The van der Waals surface area contributed by atoms with Gasteiger partial charge >= 0.3 is 0 Å². The van der Waals surface area contributed by atoms with Crippen LogP contribution in [-0.2, 0) is 19.5 Å². The molecule has 0 aromatic carbocycles. The average Bonchev–Trinajstić information content (AvgIpc) is 3.02. The molecule has 0 N–H and O–H groups in total. The highest BCUT2D eigenvalue weighted by atomic mass is 15.1. The molecule has 0 aliphatic rings. The number of hydrogen-bond acceptors (Lipinski definition) is 0. The van der Waals surface area contributed by atoms with Gasteiger partial charge in [-0.25, -0.2) is 9.13 Å². The van der Waals surface area contributed by atoms with Gasteiger partial charge in [-0.15, -0.1) is 0 Å². The van der Waals surface area contributed by atoms with E-state index >= 15 is 0 Å². The van der Waals surface area contributed by atoms with E-state index in [0.29, 0.717) is 0 Å². The summed E-state index contributed by atoms with van der Waals surface area (Å²) in [6, 6.07) is 0. The van der Waals surface area contributed by atoms with Crippen molar-refractivity contribution < 1.29 is 4.57 Å². The van der Waals surface area contributed by atoms with Gasteiger partial charge < -0.3 is 0 Å². The first-order valence-corrected chi connectivity index (χ1v) is 11.4. The average molecular weight is 350 g/mol. The Labute approximate surface area is 158 Å². The summed E-state index contributed by atoms with van der Waals surface area (Å²) in [6.45, 7) is 9.17. The van der Waals surface area contributed by atoms with Crippen LogP contribution in [0.3, 0.4) is 0 Å². The Kier molecular flexibility index (Phi) is 13.8. The lowest BCUT2D eigenvalue weighted by atomic mass is 10.1. The molecule has 0 atom stereocenters. The summed E-state index contributed by atoms with van der Waals surface area (Å²) in [5.74, 6) is 1.55. The largest absolute Gasteiger partial charge is 0.256 e. The molecule has 1 heterocycles. The number of hydrogen-bond donors (Lipinski definition) is 0. The first-order chi connectivity index (χ1) is 12.3. The Morgan fingerprint density at radius 1 is 0.680 bits per heavy atom. The number of aromatic nitrogens is 2. The van der Waals surface area contributed by atoms with Crippen molar-refractivity contribution in [1.29, 1.82) is 0 Å². The molecule has 0 bridgehead atoms. The lowest BCUT2D eigenvalue weighted by Crippen LogP contribution is -2.37. The van der Waals surface area contributed by atoms with Gasteiger partial charge in [0.05, 0.1) is 13.1 Å². The second-order valence-corrected chi connectivity index (χ2v) is 7.69. The van der Waals surface area contributed by atoms with Crippen molar-refractivity contribution in [2.75, 3.05) is 0 Å². The van der Waals surface area contributed by atoms with E-state index in [1.54, 1.807) is 5.82 Å². The molecule has 0 fully saturated rings. The van der Waals surface area contributed by atoms with Crippen LogP contribution < -0.4 is 4.57 Å². The van der Waals surface area contributed by atoms with Crippen LogP contribution in [0, 0.1) is 0 Å². The lowest BCUT2D eigenvalue weighted by Gasteiger charge is -2.05. The maximum atomic E-state index is 2.52. The number of aryl methyl sites for hydroxylation is 2. The van der Waals surface area contributed by atoms with Gasteiger partial charge in [-0.3, -0.25) is 0 Å². The molecule has 146 valence electrons. The molecule has 2 heteroatoms. The molecule has 1 aromatic rings. The molecule has 1 aromatic heterocycles. The zero-order chi connectivity index (χ0) is 18.2. The Morgan fingerprint density at radius 2 is 1.20 bits per heavy atom. The second kappa shape index (κ2) is 15.5. The van der Waals surface area contributed by atoms with Gasteiger partial charge in [-0.05, 0) is 26.2 Å². The van der Waals surface area contributed by atoms with Crippen molar-refractivity contribution in [2.45, 2.75) is 130 Å². The number of imidazole rings is 1. The van der Waals surface area contributed by atoms with Crippen LogP contribution in [0.4, 0.5) is 0 Å². The highest BCUT2D eigenvalue weighted by molar-refractivity contribution is 4.83. The van der Waals surface area contributed by atoms with Crippen LogP contribution in [0.5, 0.6) is 0 Å². The van der Waals surface area contributed by atoms with Crippen LogP contribution in [0.2, 0.25) is 0 Å². The van der Waals surface area contributed by atoms with Gasteiger partial charge in [0.1, 0.15) is 12.4 Å². The standard InChI is InChI=1S/C23H45N2/c1-4-7-9-11-12-13-14-15-16-17-19-23-24(6-3)21-22-25(23)20-18-10-8-5-2/h21-22H,4-20H2,1-3H3/q+1. The summed E-state index contributed by atoms with van der Waals surface area (Å²) in [6.07, 6.45) is 25.5. The fourth-order valence-electron chi connectivity index (χ4n) is 3.76. The van der Waals surface area contributed by atoms with Crippen molar-refractivity contribution in [1.82, 2.24) is 4.57 Å². The van der Waals surface area contributed by atoms with Crippen LogP contribution >= 0.6 is 0 Å². The molecule has 0 saturated heterocycles. The smallest absolute Gasteiger partial charge is 0.235 e. The van der Waals surface area contributed by atoms with Gasteiger partial charge in [-0.1, -0.05) is 84.5 Å². The van der Waals surface area contributed by atoms with Crippen molar-refractivity contribution in [3.8, 4) is 0 Å². The fraction of sp³-hybridized carbons (Fsp3) is 0.870. The van der Waals surface area contributed by atoms with E-state index < -0.39 is 0 Å². The highest BCUT2D eigenvalue weighted by Gasteiger charge is 2.15. The molecular formula is C23H45N2+. The first-order valence-electron chi connectivity index (χ1n) is 11.4. The van der Waals surface area contributed by atoms with Crippen LogP contribution in [0.1, 0.15) is 116 Å². The molecule has 0 amide bonds. The number of nitrogens with zero attached hydrogens (tertiary/aromatic N) is 2. The summed E-state index contributed by atoms with van der Waals surface area (Å²) in [4.78, 5) is 0.